The van der Waals surface area contributed by atoms with E-state index in [1.54, 1.807) is 0 Å². The van der Waals surface area contributed by atoms with Gasteiger partial charge < -0.3 is 4.74 Å². The molecule has 2 heterocycles. The number of ether oxygens (including phenoxy) is 1. The van der Waals surface area contributed by atoms with Crippen molar-refractivity contribution in [3.63, 3.8) is 0 Å². The number of benzene rings is 5. The Kier molecular flexibility index (Phi) is 7.29. The van der Waals surface area contributed by atoms with Crippen molar-refractivity contribution in [2.45, 2.75) is 25.5 Å². The minimum Gasteiger partial charge on any atom is -0.488 e. The third-order valence-corrected chi connectivity index (χ3v) is 10.4. The maximum Gasteiger partial charge on any atom is 0.271 e. The van der Waals surface area contributed by atoms with Crippen LogP contribution in [0.5, 0.6) is 5.75 Å². The molecular formula is C38H26BrClN2O2S. The first-order valence-electron chi connectivity index (χ1n) is 14.8. The molecule has 2 aliphatic rings. The number of rotatable bonds is 5. The Morgan fingerprint density at radius 1 is 0.911 bits per heavy atom. The van der Waals surface area contributed by atoms with Crippen LogP contribution in [0.1, 0.15) is 40.3 Å². The second kappa shape index (κ2) is 11.6. The van der Waals surface area contributed by atoms with Crippen molar-refractivity contribution in [3.8, 4) is 5.75 Å². The van der Waals surface area contributed by atoms with E-state index < -0.39 is 0 Å². The van der Waals surface area contributed by atoms with E-state index in [0.717, 1.165) is 67.4 Å². The molecule has 4 nitrogen and oxygen atoms in total. The smallest absolute Gasteiger partial charge is 0.271 e. The van der Waals surface area contributed by atoms with Gasteiger partial charge in [0.15, 0.2) is 4.80 Å². The van der Waals surface area contributed by atoms with Crippen LogP contribution < -0.4 is 19.6 Å². The molecule has 0 saturated carbocycles. The summed E-state index contributed by atoms with van der Waals surface area (Å²) in [5.41, 5.74) is 7.26. The first-order valence-corrected chi connectivity index (χ1v) is 16.8. The molecule has 0 fully saturated rings. The Bertz CT molecular complexity index is 2340. The van der Waals surface area contributed by atoms with Crippen molar-refractivity contribution in [1.82, 2.24) is 4.57 Å². The highest BCUT2D eigenvalue weighted by Gasteiger charge is 2.33. The molecule has 0 saturated heterocycles. The van der Waals surface area contributed by atoms with Crippen molar-refractivity contribution < 1.29 is 4.74 Å². The van der Waals surface area contributed by atoms with E-state index in [-0.39, 0.29) is 11.6 Å². The fraction of sp³-hybridized carbons (Fsp3) is 0.105. The van der Waals surface area contributed by atoms with Gasteiger partial charge in [-0.05, 0) is 76.2 Å². The predicted octanol–water partition coefficient (Wildman–Crippen LogP) is 8.47. The number of allylic oxidation sites excluding steroid dienone is 1. The van der Waals surface area contributed by atoms with Gasteiger partial charge in [-0.1, -0.05) is 124 Å². The maximum atomic E-state index is 14.5. The predicted molar refractivity (Wildman–Crippen MR) is 187 cm³/mol. The molecule has 0 amide bonds. The number of hydrogen-bond acceptors (Lipinski definition) is 4. The zero-order chi connectivity index (χ0) is 30.5. The van der Waals surface area contributed by atoms with Crippen LogP contribution >= 0.6 is 38.9 Å². The molecule has 0 spiro atoms. The van der Waals surface area contributed by atoms with Gasteiger partial charge in [0, 0.05) is 20.6 Å². The zero-order valence-electron chi connectivity index (χ0n) is 24.0. The first-order chi connectivity index (χ1) is 22.0. The lowest BCUT2D eigenvalue weighted by molar-refractivity contribution is 0.306. The van der Waals surface area contributed by atoms with Crippen LogP contribution in [0.3, 0.4) is 0 Å². The molecule has 7 heteroatoms. The second-order valence-corrected chi connectivity index (χ2v) is 13.6. The molecule has 45 heavy (non-hydrogen) atoms. The zero-order valence-corrected chi connectivity index (χ0v) is 27.2. The van der Waals surface area contributed by atoms with Gasteiger partial charge in [-0.15, -0.1) is 0 Å². The average Bonchev–Trinajstić information content (AvgIpc) is 3.38. The lowest BCUT2D eigenvalue weighted by Crippen LogP contribution is -2.38. The monoisotopic (exact) mass is 688 g/mol. The second-order valence-electron chi connectivity index (χ2n) is 11.2. The largest absolute Gasteiger partial charge is 0.488 e. The highest BCUT2D eigenvalue weighted by atomic mass is 79.9. The average molecular weight is 690 g/mol. The number of aromatic nitrogens is 1. The maximum absolute atomic E-state index is 14.5. The molecule has 0 bridgehead atoms. The van der Waals surface area contributed by atoms with Crippen molar-refractivity contribution >= 4 is 61.4 Å². The topological polar surface area (TPSA) is 43.6 Å². The molecule has 8 rings (SSSR count). The van der Waals surface area contributed by atoms with Gasteiger partial charge in [0.05, 0.1) is 16.3 Å². The number of nitrogens with zero attached hydrogens (tertiary/aromatic N) is 2. The molecule has 0 unspecified atom stereocenters. The van der Waals surface area contributed by atoms with Gasteiger partial charge in [0.25, 0.3) is 5.56 Å². The van der Waals surface area contributed by atoms with Crippen LogP contribution in [0.2, 0.25) is 5.02 Å². The summed E-state index contributed by atoms with van der Waals surface area (Å²) in [5.74, 6) is 0.721. The van der Waals surface area contributed by atoms with Gasteiger partial charge in [-0.3, -0.25) is 9.36 Å². The Labute approximate surface area is 277 Å². The highest BCUT2D eigenvalue weighted by molar-refractivity contribution is 9.10. The Morgan fingerprint density at radius 2 is 1.69 bits per heavy atom. The number of aryl methyl sites for hydroxylation is 1. The molecular weight excluding hydrogens is 664 g/mol. The van der Waals surface area contributed by atoms with Crippen LogP contribution in [-0.4, -0.2) is 4.57 Å². The van der Waals surface area contributed by atoms with Crippen LogP contribution in [0.4, 0.5) is 0 Å². The molecule has 5 aromatic carbocycles. The molecule has 1 aliphatic heterocycles. The van der Waals surface area contributed by atoms with Crippen LogP contribution in [0.25, 0.3) is 22.5 Å². The minimum atomic E-state index is -0.332. The van der Waals surface area contributed by atoms with Gasteiger partial charge in [-0.2, -0.15) is 0 Å². The summed E-state index contributed by atoms with van der Waals surface area (Å²) in [6, 6.07) is 36.3. The Hall–Kier alpha value is -4.23. The summed E-state index contributed by atoms with van der Waals surface area (Å²) in [5, 5.41) is 2.74. The van der Waals surface area contributed by atoms with E-state index in [9.17, 15) is 4.79 Å². The minimum absolute atomic E-state index is 0.0825. The van der Waals surface area contributed by atoms with E-state index in [4.69, 9.17) is 21.3 Å². The van der Waals surface area contributed by atoms with Crippen molar-refractivity contribution in [2.75, 3.05) is 0 Å². The Morgan fingerprint density at radius 3 is 2.56 bits per heavy atom. The first kappa shape index (κ1) is 28.3. The van der Waals surface area contributed by atoms with Gasteiger partial charge in [0.1, 0.15) is 12.4 Å². The number of halogens is 2. The van der Waals surface area contributed by atoms with Crippen molar-refractivity contribution in [2.24, 2.45) is 4.99 Å². The highest BCUT2D eigenvalue weighted by Crippen LogP contribution is 2.42. The van der Waals surface area contributed by atoms with E-state index in [1.807, 2.05) is 77.4 Å². The summed E-state index contributed by atoms with van der Waals surface area (Å²) < 4.78 is 9.88. The van der Waals surface area contributed by atoms with E-state index in [2.05, 4.69) is 58.4 Å². The molecule has 220 valence electrons. The fourth-order valence-corrected chi connectivity index (χ4v) is 7.91. The standard InChI is InChI=1S/C38H26BrClN2O2S/c39-26-17-13-23(14-18-26)22-44-33-20-16-24-7-1-3-9-27(24)31(33)21-34-37(43)42-36(29-11-5-6-12-32(29)40)30-19-15-25-8-2-4-10-28(25)35(30)41-38(42)45-34/h1-14,16-18,20-21,36H,15,19,22H2/b34-21-/t36-/m0/s1. The number of fused-ring (bicyclic) bond motifs is 4. The summed E-state index contributed by atoms with van der Waals surface area (Å²) in [4.78, 5) is 20.3. The molecule has 1 aromatic heterocycles. The number of thiazole rings is 1. The van der Waals surface area contributed by atoms with Gasteiger partial charge in [0.2, 0.25) is 0 Å². The SMILES string of the molecule is O=c1/c(=C/c2c(OCc3ccc(Br)cc3)ccc3ccccc23)sc2n1[C@@H](c1ccccc1Cl)C1=C(N=2)c2ccccc2CC1. The fourth-order valence-electron chi connectivity index (χ4n) is 6.42. The van der Waals surface area contributed by atoms with Crippen LogP contribution in [-0.2, 0) is 13.0 Å². The van der Waals surface area contributed by atoms with E-state index >= 15 is 0 Å². The summed E-state index contributed by atoms with van der Waals surface area (Å²) >= 11 is 11.8. The Balaban J connectivity index is 1.33. The van der Waals surface area contributed by atoms with Crippen molar-refractivity contribution in [1.29, 1.82) is 0 Å². The third kappa shape index (κ3) is 5.07. The van der Waals surface area contributed by atoms with Crippen LogP contribution in [0, 0.1) is 0 Å². The quantitative estimate of drug-likeness (QED) is 0.182. The lowest BCUT2D eigenvalue weighted by Gasteiger charge is -2.31. The number of hydrogen-bond donors (Lipinski definition) is 0. The van der Waals surface area contributed by atoms with Gasteiger partial charge >= 0.3 is 0 Å². The molecule has 0 N–H and O–H groups in total. The summed E-state index contributed by atoms with van der Waals surface area (Å²) in [6.07, 6.45) is 3.68. The summed E-state index contributed by atoms with van der Waals surface area (Å²) in [6.45, 7) is 0.409. The third-order valence-electron chi connectivity index (χ3n) is 8.59. The normalized spacial score (nSPS) is 15.8. The molecule has 6 aromatic rings. The molecule has 0 radical (unpaired) electrons. The summed E-state index contributed by atoms with van der Waals surface area (Å²) in [7, 11) is 0. The van der Waals surface area contributed by atoms with Crippen LogP contribution in [0.15, 0.2) is 129 Å². The van der Waals surface area contributed by atoms with Gasteiger partial charge in [-0.25, -0.2) is 4.99 Å². The van der Waals surface area contributed by atoms with Crippen molar-refractivity contribution in [3.05, 3.63) is 172 Å². The molecule has 1 aliphatic carbocycles. The lowest BCUT2D eigenvalue weighted by atomic mass is 9.83. The molecule has 1 atom stereocenters. The van der Waals surface area contributed by atoms with E-state index in [1.165, 1.54) is 16.9 Å². The van der Waals surface area contributed by atoms with E-state index in [0.29, 0.717) is 21.0 Å².